The fourth-order valence-corrected chi connectivity index (χ4v) is 3.48. The second-order valence-electron chi connectivity index (χ2n) is 6.22. The van der Waals surface area contributed by atoms with Crippen LogP contribution < -0.4 is 9.47 Å². The lowest BCUT2D eigenvalue weighted by atomic mass is 9.92. The number of aliphatic carboxylic acids is 1. The van der Waals surface area contributed by atoms with E-state index in [1.807, 2.05) is 0 Å². The molecule has 2 aromatic rings. The molecule has 2 aliphatic rings. The van der Waals surface area contributed by atoms with Gasteiger partial charge in [-0.3, -0.25) is 19.3 Å². The van der Waals surface area contributed by atoms with Gasteiger partial charge in [-0.05, 0) is 35.4 Å². The maximum absolute atomic E-state index is 12.9. The average molecular weight is 400 g/mol. The first-order valence-corrected chi connectivity index (χ1v) is 8.81. The normalized spacial score (nSPS) is 16.9. The number of hydrogen-bond acceptors (Lipinski definition) is 5. The van der Waals surface area contributed by atoms with E-state index in [1.54, 1.807) is 42.5 Å². The summed E-state index contributed by atoms with van der Waals surface area (Å²) in [5.74, 6) is -1.70. The van der Waals surface area contributed by atoms with E-state index in [-0.39, 0.29) is 11.1 Å². The van der Waals surface area contributed by atoms with Crippen LogP contribution in [0.2, 0.25) is 5.02 Å². The molecule has 0 radical (unpaired) electrons. The van der Waals surface area contributed by atoms with Crippen molar-refractivity contribution in [1.29, 1.82) is 0 Å². The molecule has 0 fully saturated rings. The van der Waals surface area contributed by atoms with Crippen LogP contribution in [-0.4, -0.2) is 47.5 Å². The van der Waals surface area contributed by atoms with E-state index < -0.39 is 24.3 Å². The van der Waals surface area contributed by atoms with E-state index in [0.29, 0.717) is 40.9 Å². The molecule has 0 saturated carbocycles. The molecule has 0 atom stereocenters. The van der Waals surface area contributed by atoms with Gasteiger partial charge >= 0.3 is 5.97 Å². The molecular formula is C20H14ClNO6. The van der Waals surface area contributed by atoms with Gasteiger partial charge in [-0.25, -0.2) is 0 Å². The summed E-state index contributed by atoms with van der Waals surface area (Å²) in [4.78, 5) is 37.3. The summed E-state index contributed by atoms with van der Waals surface area (Å²) >= 11 is 6.26. The van der Waals surface area contributed by atoms with E-state index in [4.69, 9.17) is 26.2 Å². The fourth-order valence-electron chi connectivity index (χ4n) is 3.20. The molecule has 0 bridgehead atoms. The van der Waals surface area contributed by atoms with Crippen molar-refractivity contribution in [3.63, 3.8) is 0 Å². The maximum Gasteiger partial charge on any atom is 0.323 e. The van der Waals surface area contributed by atoms with Crippen molar-refractivity contribution in [1.82, 2.24) is 4.90 Å². The average Bonchev–Trinajstić information content (AvgIpc) is 2.68. The highest BCUT2D eigenvalue weighted by Crippen LogP contribution is 2.40. The summed E-state index contributed by atoms with van der Waals surface area (Å²) in [7, 11) is 0. The Balaban J connectivity index is 1.84. The van der Waals surface area contributed by atoms with Gasteiger partial charge in [0.15, 0.2) is 11.5 Å². The Morgan fingerprint density at radius 1 is 1.11 bits per heavy atom. The first-order chi connectivity index (χ1) is 13.5. The first-order valence-electron chi connectivity index (χ1n) is 8.44. The number of amides is 2. The van der Waals surface area contributed by atoms with Crippen LogP contribution in [0.4, 0.5) is 0 Å². The third kappa shape index (κ3) is 3.10. The summed E-state index contributed by atoms with van der Waals surface area (Å²) in [6, 6.07) is 9.87. The first kappa shape index (κ1) is 18.1. The number of benzene rings is 2. The van der Waals surface area contributed by atoms with E-state index >= 15 is 0 Å². The third-order valence-corrected chi connectivity index (χ3v) is 4.67. The van der Waals surface area contributed by atoms with Crippen molar-refractivity contribution in [2.45, 2.75) is 0 Å². The quantitative estimate of drug-likeness (QED) is 0.630. The van der Waals surface area contributed by atoms with Crippen molar-refractivity contribution in [3.05, 3.63) is 58.1 Å². The van der Waals surface area contributed by atoms with E-state index in [0.717, 1.165) is 4.90 Å². The predicted molar refractivity (Wildman–Crippen MR) is 100 cm³/mol. The summed E-state index contributed by atoms with van der Waals surface area (Å²) in [6.45, 7) is 0.0581. The number of carboxylic acid groups (broad SMARTS) is 1. The highest BCUT2D eigenvalue weighted by atomic mass is 35.5. The Bertz CT molecular complexity index is 1040. The Morgan fingerprint density at radius 3 is 2.57 bits per heavy atom. The van der Waals surface area contributed by atoms with E-state index in [1.165, 1.54) is 0 Å². The van der Waals surface area contributed by atoms with Crippen LogP contribution in [-0.2, 0) is 9.59 Å². The second kappa shape index (κ2) is 7.01. The van der Waals surface area contributed by atoms with Crippen molar-refractivity contribution in [3.8, 4) is 11.5 Å². The Morgan fingerprint density at radius 2 is 1.82 bits per heavy atom. The molecule has 0 aromatic heterocycles. The zero-order chi connectivity index (χ0) is 19.8. The summed E-state index contributed by atoms with van der Waals surface area (Å²) in [5.41, 5.74) is 1.46. The molecule has 8 heteroatoms. The standard InChI is InChI=1S/C20H14ClNO6/c21-15-8-11(9-16-18(15)28-6-5-27-16)7-14-12-3-1-2-4-13(12)19(25)22(20(14)26)10-17(23)24/h1-4,7-9H,5-6,10H2,(H,23,24)/b14-7-. The lowest BCUT2D eigenvalue weighted by molar-refractivity contribution is -0.141. The molecular weight excluding hydrogens is 386 g/mol. The number of carboxylic acids is 1. The predicted octanol–water partition coefficient (Wildman–Crippen LogP) is 2.72. The van der Waals surface area contributed by atoms with Crippen molar-refractivity contribution in [2.75, 3.05) is 19.8 Å². The highest BCUT2D eigenvalue weighted by molar-refractivity contribution is 6.35. The lowest BCUT2D eigenvalue weighted by Gasteiger charge is -2.27. The van der Waals surface area contributed by atoms with Crippen LogP contribution >= 0.6 is 11.6 Å². The van der Waals surface area contributed by atoms with Crippen molar-refractivity contribution >= 4 is 41.0 Å². The van der Waals surface area contributed by atoms with Crippen LogP contribution in [0.15, 0.2) is 36.4 Å². The topological polar surface area (TPSA) is 93.1 Å². The van der Waals surface area contributed by atoms with Gasteiger partial charge in [0.1, 0.15) is 19.8 Å². The molecule has 0 aliphatic carbocycles. The van der Waals surface area contributed by atoms with Gasteiger partial charge in [0.05, 0.1) is 5.02 Å². The molecule has 7 nitrogen and oxygen atoms in total. The lowest BCUT2D eigenvalue weighted by Crippen LogP contribution is -2.44. The molecule has 0 saturated heterocycles. The molecule has 142 valence electrons. The van der Waals surface area contributed by atoms with Crippen molar-refractivity contribution < 1.29 is 29.0 Å². The van der Waals surface area contributed by atoms with E-state index in [9.17, 15) is 14.4 Å². The van der Waals surface area contributed by atoms with Gasteiger partial charge in [0.25, 0.3) is 11.8 Å². The number of fused-ring (bicyclic) bond motifs is 2. The van der Waals surface area contributed by atoms with Crippen LogP contribution in [0, 0.1) is 0 Å². The SMILES string of the molecule is O=C(O)CN1C(=O)/C(=C\c2cc(Cl)c3c(c2)OCCO3)c2ccccc2C1=O. The monoisotopic (exact) mass is 399 g/mol. The van der Waals surface area contributed by atoms with Gasteiger partial charge in [0, 0.05) is 11.1 Å². The zero-order valence-corrected chi connectivity index (χ0v) is 15.2. The number of hydrogen-bond donors (Lipinski definition) is 1. The van der Waals surface area contributed by atoms with Crippen molar-refractivity contribution in [2.24, 2.45) is 0 Å². The van der Waals surface area contributed by atoms with E-state index in [2.05, 4.69) is 0 Å². The number of imide groups is 1. The van der Waals surface area contributed by atoms with Gasteiger partial charge in [-0.1, -0.05) is 29.8 Å². The Kier molecular flexibility index (Phi) is 4.52. The molecule has 0 unspecified atom stereocenters. The number of halogens is 1. The number of carbonyl (C=O) groups is 3. The Hall–Kier alpha value is -3.32. The molecule has 28 heavy (non-hydrogen) atoms. The Labute approximate surface area is 164 Å². The van der Waals surface area contributed by atoms with Gasteiger partial charge in [-0.15, -0.1) is 0 Å². The summed E-state index contributed by atoms with van der Waals surface area (Å²) in [6.07, 6.45) is 1.56. The summed E-state index contributed by atoms with van der Waals surface area (Å²) < 4.78 is 11.0. The minimum absolute atomic E-state index is 0.198. The zero-order valence-electron chi connectivity index (χ0n) is 14.5. The molecule has 1 N–H and O–H groups in total. The summed E-state index contributed by atoms with van der Waals surface area (Å²) in [5, 5.41) is 9.41. The van der Waals surface area contributed by atoms with Crippen LogP contribution in [0.1, 0.15) is 21.5 Å². The smallest absolute Gasteiger partial charge is 0.323 e. The molecule has 2 amide bonds. The number of ether oxygens (including phenoxy) is 2. The van der Waals surface area contributed by atoms with Crippen LogP contribution in [0.3, 0.4) is 0 Å². The van der Waals surface area contributed by atoms with Gasteiger partial charge in [0.2, 0.25) is 0 Å². The largest absolute Gasteiger partial charge is 0.486 e. The number of rotatable bonds is 3. The van der Waals surface area contributed by atoms with Crippen LogP contribution in [0.25, 0.3) is 11.6 Å². The molecule has 2 aromatic carbocycles. The highest BCUT2D eigenvalue weighted by Gasteiger charge is 2.35. The molecule has 2 heterocycles. The molecule has 4 rings (SSSR count). The van der Waals surface area contributed by atoms with Gasteiger partial charge < -0.3 is 14.6 Å². The third-order valence-electron chi connectivity index (χ3n) is 4.39. The second-order valence-corrected chi connectivity index (χ2v) is 6.63. The minimum atomic E-state index is -1.28. The number of carbonyl (C=O) groups excluding carboxylic acids is 2. The fraction of sp³-hybridized carbons (Fsp3) is 0.150. The van der Waals surface area contributed by atoms with Crippen LogP contribution in [0.5, 0.6) is 11.5 Å². The minimum Gasteiger partial charge on any atom is -0.486 e. The maximum atomic E-state index is 12.9. The molecule has 2 aliphatic heterocycles. The van der Waals surface area contributed by atoms with Gasteiger partial charge in [-0.2, -0.15) is 0 Å². The molecule has 0 spiro atoms. The number of nitrogens with zero attached hydrogens (tertiary/aromatic N) is 1.